The normalized spacial score (nSPS) is 10.3. The molecule has 0 aliphatic carbocycles. The van der Waals surface area contributed by atoms with Crippen LogP contribution >= 0.6 is 22.9 Å². The maximum Gasteiger partial charge on any atom is 0.183 e. The van der Waals surface area contributed by atoms with Gasteiger partial charge in [0.05, 0.1) is 6.54 Å². The van der Waals surface area contributed by atoms with E-state index < -0.39 is 0 Å². The van der Waals surface area contributed by atoms with Crippen molar-refractivity contribution in [1.82, 2.24) is 4.98 Å². The topological polar surface area (TPSA) is 16.1 Å². The molecule has 1 aromatic heterocycles. The molecule has 0 atom stereocenters. The van der Waals surface area contributed by atoms with Crippen LogP contribution in [0.3, 0.4) is 0 Å². The molecule has 15 heavy (non-hydrogen) atoms. The van der Waals surface area contributed by atoms with E-state index in [2.05, 4.69) is 29.1 Å². The summed E-state index contributed by atoms with van der Waals surface area (Å²) in [5, 5.41) is 0. The molecule has 0 bridgehead atoms. The van der Waals surface area contributed by atoms with E-state index in [4.69, 9.17) is 11.6 Å². The first-order valence-electron chi connectivity index (χ1n) is 4.62. The van der Waals surface area contributed by atoms with Crippen molar-refractivity contribution in [2.45, 2.75) is 6.54 Å². The Balaban J connectivity index is 2.07. The molecule has 1 heterocycles. The molecule has 0 saturated carbocycles. The van der Waals surface area contributed by atoms with E-state index in [0.29, 0.717) is 4.47 Å². The molecule has 0 fully saturated rings. The van der Waals surface area contributed by atoms with Crippen molar-refractivity contribution < 1.29 is 0 Å². The minimum Gasteiger partial charge on any atom is -0.369 e. The summed E-state index contributed by atoms with van der Waals surface area (Å²) in [7, 11) is 2.06. The van der Waals surface area contributed by atoms with Crippen LogP contribution in [0.15, 0.2) is 36.5 Å². The SMILES string of the molecule is CN(Cc1cnc(Cl)s1)c1ccccc1. The molecular weight excluding hydrogens is 228 g/mol. The molecule has 0 unspecified atom stereocenters. The number of thiazole rings is 1. The number of benzene rings is 1. The van der Waals surface area contributed by atoms with E-state index in [9.17, 15) is 0 Å². The van der Waals surface area contributed by atoms with E-state index in [1.54, 1.807) is 0 Å². The Bertz CT molecular complexity index is 427. The van der Waals surface area contributed by atoms with Crippen LogP contribution in [0.2, 0.25) is 4.47 Å². The number of hydrogen-bond acceptors (Lipinski definition) is 3. The average molecular weight is 239 g/mol. The lowest BCUT2D eigenvalue weighted by Gasteiger charge is -2.17. The largest absolute Gasteiger partial charge is 0.369 e. The van der Waals surface area contributed by atoms with E-state index in [-0.39, 0.29) is 0 Å². The van der Waals surface area contributed by atoms with Crippen LogP contribution in [0, 0.1) is 0 Å². The van der Waals surface area contributed by atoms with Crippen LogP contribution in [0.4, 0.5) is 5.69 Å². The second-order valence-electron chi connectivity index (χ2n) is 3.27. The number of nitrogens with zero attached hydrogens (tertiary/aromatic N) is 2. The number of rotatable bonds is 3. The van der Waals surface area contributed by atoms with Gasteiger partial charge >= 0.3 is 0 Å². The maximum atomic E-state index is 5.78. The molecule has 4 heteroatoms. The lowest BCUT2D eigenvalue weighted by atomic mass is 10.3. The van der Waals surface area contributed by atoms with Gasteiger partial charge in [-0.05, 0) is 12.1 Å². The fraction of sp³-hybridized carbons (Fsp3) is 0.182. The summed E-state index contributed by atoms with van der Waals surface area (Å²) >= 11 is 7.30. The summed E-state index contributed by atoms with van der Waals surface area (Å²) in [4.78, 5) is 7.36. The minimum absolute atomic E-state index is 0.603. The van der Waals surface area contributed by atoms with Gasteiger partial charge in [-0.2, -0.15) is 0 Å². The molecule has 78 valence electrons. The van der Waals surface area contributed by atoms with Gasteiger partial charge in [-0.25, -0.2) is 4.98 Å². The van der Waals surface area contributed by atoms with Crippen LogP contribution in [-0.4, -0.2) is 12.0 Å². The zero-order valence-corrected chi connectivity index (χ0v) is 9.92. The molecule has 0 radical (unpaired) electrons. The highest BCUT2D eigenvalue weighted by Gasteiger charge is 2.04. The zero-order valence-electron chi connectivity index (χ0n) is 8.35. The third kappa shape index (κ3) is 2.70. The molecule has 0 aliphatic rings. The Morgan fingerprint density at radius 2 is 2.07 bits per heavy atom. The Labute approximate surface area is 98.1 Å². The number of halogens is 1. The molecule has 0 saturated heterocycles. The Morgan fingerprint density at radius 1 is 1.33 bits per heavy atom. The van der Waals surface area contributed by atoms with Gasteiger partial charge in [-0.15, -0.1) is 11.3 Å². The van der Waals surface area contributed by atoms with Gasteiger partial charge in [0.15, 0.2) is 4.47 Å². The zero-order chi connectivity index (χ0) is 10.7. The number of anilines is 1. The van der Waals surface area contributed by atoms with Gasteiger partial charge in [-0.1, -0.05) is 29.8 Å². The smallest absolute Gasteiger partial charge is 0.183 e. The van der Waals surface area contributed by atoms with Crippen LogP contribution in [0.1, 0.15) is 4.88 Å². The summed E-state index contributed by atoms with van der Waals surface area (Å²) in [5.41, 5.74) is 1.20. The first-order chi connectivity index (χ1) is 7.25. The highest BCUT2D eigenvalue weighted by atomic mass is 35.5. The average Bonchev–Trinajstić information content (AvgIpc) is 2.65. The summed E-state index contributed by atoms with van der Waals surface area (Å²) in [5.74, 6) is 0. The summed E-state index contributed by atoms with van der Waals surface area (Å²) in [6, 6.07) is 10.3. The molecular formula is C11H11ClN2S. The molecule has 0 N–H and O–H groups in total. The van der Waals surface area contributed by atoms with Gasteiger partial charge in [0.1, 0.15) is 0 Å². The van der Waals surface area contributed by atoms with Gasteiger partial charge in [0.25, 0.3) is 0 Å². The fourth-order valence-corrected chi connectivity index (χ4v) is 2.40. The van der Waals surface area contributed by atoms with Crippen LogP contribution in [-0.2, 0) is 6.54 Å². The van der Waals surface area contributed by atoms with Crippen molar-refractivity contribution in [3.05, 3.63) is 45.9 Å². The predicted molar refractivity (Wildman–Crippen MR) is 65.7 cm³/mol. The molecule has 2 nitrogen and oxygen atoms in total. The van der Waals surface area contributed by atoms with Gasteiger partial charge in [0.2, 0.25) is 0 Å². The van der Waals surface area contributed by atoms with E-state index in [0.717, 1.165) is 6.54 Å². The van der Waals surface area contributed by atoms with E-state index in [1.165, 1.54) is 21.9 Å². The van der Waals surface area contributed by atoms with Crippen molar-refractivity contribution in [3.8, 4) is 0 Å². The van der Waals surface area contributed by atoms with Crippen molar-refractivity contribution >= 4 is 28.6 Å². The molecule has 0 aliphatic heterocycles. The number of para-hydroxylation sites is 1. The highest BCUT2D eigenvalue weighted by molar-refractivity contribution is 7.15. The quantitative estimate of drug-likeness (QED) is 0.815. The molecule has 0 spiro atoms. The summed E-state index contributed by atoms with van der Waals surface area (Å²) in [6.07, 6.45) is 1.83. The molecule has 2 aromatic rings. The lowest BCUT2D eigenvalue weighted by Crippen LogP contribution is -2.15. The van der Waals surface area contributed by atoms with Crippen molar-refractivity contribution in [2.75, 3.05) is 11.9 Å². The minimum atomic E-state index is 0.603. The maximum absolute atomic E-state index is 5.78. The summed E-state index contributed by atoms with van der Waals surface area (Å²) < 4.78 is 0.603. The number of aromatic nitrogens is 1. The standard InChI is InChI=1S/C11H11ClN2S/c1-14(9-5-3-2-4-6-9)8-10-7-13-11(12)15-10/h2-7H,8H2,1H3. The molecule has 0 amide bonds. The first kappa shape index (κ1) is 10.5. The fourth-order valence-electron chi connectivity index (χ4n) is 1.36. The van der Waals surface area contributed by atoms with Gasteiger partial charge in [0, 0.05) is 23.8 Å². The van der Waals surface area contributed by atoms with E-state index in [1.807, 2.05) is 24.4 Å². The Morgan fingerprint density at radius 3 is 2.67 bits per heavy atom. The van der Waals surface area contributed by atoms with Gasteiger partial charge in [-0.3, -0.25) is 0 Å². The van der Waals surface area contributed by atoms with Crippen LogP contribution in [0.25, 0.3) is 0 Å². The lowest BCUT2D eigenvalue weighted by molar-refractivity contribution is 0.937. The molecule has 2 rings (SSSR count). The Kier molecular flexibility index (Phi) is 3.23. The van der Waals surface area contributed by atoms with E-state index >= 15 is 0 Å². The monoisotopic (exact) mass is 238 g/mol. The van der Waals surface area contributed by atoms with Gasteiger partial charge < -0.3 is 4.90 Å². The van der Waals surface area contributed by atoms with Crippen LogP contribution < -0.4 is 4.90 Å². The first-order valence-corrected chi connectivity index (χ1v) is 5.81. The van der Waals surface area contributed by atoms with Crippen molar-refractivity contribution in [3.63, 3.8) is 0 Å². The van der Waals surface area contributed by atoms with Crippen LogP contribution in [0.5, 0.6) is 0 Å². The summed E-state index contributed by atoms with van der Waals surface area (Å²) in [6.45, 7) is 0.842. The second-order valence-corrected chi connectivity index (χ2v) is 4.97. The second kappa shape index (κ2) is 4.64. The third-order valence-electron chi connectivity index (χ3n) is 2.12. The third-order valence-corrected chi connectivity index (χ3v) is 3.21. The highest BCUT2D eigenvalue weighted by Crippen LogP contribution is 2.21. The molecule has 1 aromatic carbocycles. The van der Waals surface area contributed by atoms with Crippen molar-refractivity contribution in [1.29, 1.82) is 0 Å². The predicted octanol–water partition coefficient (Wildman–Crippen LogP) is 3.43. The Hall–Kier alpha value is -1.06. The number of hydrogen-bond donors (Lipinski definition) is 0. The van der Waals surface area contributed by atoms with Crippen molar-refractivity contribution in [2.24, 2.45) is 0 Å².